The highest BCUT2D eigenvalue weighted by Gasteiger charge is 2.08. The molecule has 94 valence electrons. The zero-order valence-corrected chi connectivity index (χ0v) is 11.0. The van der Waals surface area contributed by atoms with Crippen LogP contribution in [-0.2, 0) is 9.53 Å². The van der Waals surface area contributed by atoms with Crippen molar-refractivity contribution < 1.29 is 9.53 Å². The number of amides is 1. The monoisotopic (exact) mass is 247 g/mol. The smallest absolute Gasteiger partial charge is 0.241 e. The van der Waals surface area contributed by atoms with Gasteiger partial charge in [-0.15, -0.1) is 0 Å². The van der Waals surface area contributed by atoms with Gasteiger partial charge in [0.25, 0.3) is 0 Å². The lowest BCUT2D eigenvalue weighted by Gasteiger charge is -2.19. The number of likely N-dealkylation sites (N-methyl/N-ethyl adjacent to an activating group) is 1. The molecule has 0 bridgehead atoms. The van der Waals surface area contributed by atoms with E-state index >= 15 is 0 Å². The van der Waals surface area contributed by atoms with E-state index in [1.807, 2.05) is 13.8 Å². The fraction of sp³-hybridized carbons (Fsp3) is 0.800. The van der Waals surface area contributed by atoms with Crippen molar-refractivity contribution in [3.8, 4) is 0 Å². The summed E-state index contributed by atoms with van der Waals surface area (Å²) in [6.45, 7) is 6.82. The maximum atomic E-state index is 11.6. The molecule has 0 unspecified atom stereocenters. The number of nitrogens with zero attached hydrogens (tertiary/aromatic N) is 1. The van der Waals surface area contributed by atoms with Gasteiger partial charge in [0.1, 0.15) is 0 Å². The molecule has 1 amide bonds. The summed E-state index contributed by atoms with van der Waals surface area (Å²) in [5.41, 5.74) is 0. The summed E-state index contributed by atoms with van der Waals surface area (Å²) in [5, 5.41) is 6.29. The molecule has 0 saturated heterocycles. The first-order valence-corrected chi connectivity index (χ1v) is 5.84. The van der Waals surface area contributed by atoms with Gasteiger partial charge in [0.2, 0.25) is 5.91 Å². The van der Waals surface area contributed by atoms with Crippen molar-refractivity contribution in [1.29, 1.82) is 0 Å². The van der Waals surface area contributed by atoms with Crippen LogP contribution in [0.25, 0.3) is 0 Å². The second-order valence-electron chi connectivity index (χ2n) is 3.17. The molecule has 0 saturated carbocycles. The Labute approximate surface area is 103 Å². The number of methoxy groups -OCH3 is 1. The highest BCUT2D eigenvalue weighted by atomic mass is 32.1. The normalized spacial score (nSPS) is 9.69. The van der Waals surface area contributed by atoms with E-state index in [2.05, 4.69) is 10.6 Å². The lowest BCUT2D eigenvalue weighted by atomic mass is 10.4. The summed E-state index contributed by atoms with van der Waals surface area (Å²) in [5.74, 6) is 0.0564. The van der Waals surface area contributed by atoms with Crippen LogP contribution >= 0.6 is 12.2 Å². The van der Waals surface area contributed by atoms with E-state index in [9.17, 15) is 4.79 Å². The number of hydrogen-bond donors (Lipinski definition) is 2. The van der Waals surface area contributed by atoms with Crippen LogP contribution in [-0.4, -0.2) is 55.8 Å². The van der Waals surface area contributed by atoms with Gasteiger partial charge in [-0.3, -0.25) is 4.79 Å². The molecular weight excluding hydrogens is 226 g/mol. The molecule has 0 heterocycles. The van der Waals surface area contributed by atoms with E-state index in [1.165, 1.54) is 0 Å². The number of carbonyl (C=O) groups is 1. The Bertz CT molecular complexity index is 220. The summed E-state index contributed by atoms with van der Waals surface area (Å²) >= 11 is 5.00. The van der Waals surface area contributed by atoms with Crippen molar-refractivity contribution in [2.75, 3.05) is 39.9 Å². The standard InChI is InChI=1S/C10H21N3O2S/c1-4-13(5-2)9(14)8-12-10(16)11-6-7-15-3/h4-8H2,1-3H3,(H2,11,12,16). The maximum absolute atomic E-state index is 11.6. The summed E-state index contributed by atoms with van der Waals surface area (Å²) < 4.78 is 4.87. The van der Waals surface area contributed by atoms with Gasteiger partial charge in [-0.2, -0.15) is 0 Å². The first kappa shape index (κ1) is 15.1. The predicted molar refractivity (Wildman–Crippen MR) is 68.4 cm³/mol. The van der Waals surface area contributed by atoms with Gasteiger partial charge >= 0.3 is 0 Å². The van der Waals surface area contributed by atoms with Crippen LogP contribution in [0.4, 0.5) is 0 Å². The highest BCUT2D eigenvalue weighted by molar-refractivity contribution is 7.80. The number of ether oxygens (including phenoxy) is 1. The minimum absolute atomic E-state index is 0.0564. The molecule has 0 rings (SSSR count). The molecule has 0 aromatic heterocycles. The molecule has 0 aromatic carbocycles. The van der Waals surface area contributed by atoms with Gasteiger partial charge in [-0.1, -0.05) is 0 Å². The van der Waals surface area contributed by atoms with Gasteiger partial charge in [0.05, 0.1) is 13.2 Å². The van der Waals surface area contributed by atoms with Crippen LogP contribution in [0.15, 0.2) is 0 Å². The number of thiocarbonyl (C=S) groups is 1. The topological polar surface area (TPSA) is 53.6 Å². The minimum Gasteiger partial charge on any atom is -0.383 e. The summed E-state index contributed by atoms with van der Waals surface area (Å²) in [6, 6.07) is 0. The zero-order chi connectivity index (χ0) is 12.4. The molecule has 0 spiro atoms. The third kappa shape index (κ3) is 6.58. The lowest BCUT2D eigenvalue weighted by Crippen LogP contribution is -2.44. The average molecular weight is 247 g/mol. The van der Waals surface area contributed by atoms with Crippen LogP contribution in [0.5, 0.6) is 0 Å². The molecule has 0 fully saturated rings. The molecule has 0 aliphatic rings. The Morgan fingerprint density at radius 1 is 1.31 bits per heavy atom. The number of rotatable bonds is 7. The van der Waals surface area contributed by atoms with Gasteiger partial charge in [0, 0.05) is 26.7 Å². The molecule has 0 aromatic rings. The Hall–Kier alpha value is -0.880. The van der Waals surface area contributed by atoms with Gasteiger partial charge < -0.3 is 20.3 Å². The lowest BCUT2D eigenvalue weighted by molar-refractivity contribution is -0.129. The molecule has 6 heteroatoms. The molecule has 16 heavy (non-hydrogen) atoms. The third-order valence-electron chi connectivity index (χ3n) is 2.11. The average Bonchev–Trinajstić information content (AvgIpc) is 2.28. The number of carbonyl (C=O) groups excluding carboxylic acids is 1. The summed E-state index contributed by atoms with van der Waals surface area (Å²) in [7, 11) is 1.63. The minimum atomic E-state index is 0.0564. The Morgan fingerprint density at radius 3 is 2.44 bits per heavy atom. The number of nitrogens with one attached hydrogen (secondary N) is 2. The van der Waals surface area contributed by atoms with Crippen LogP contribution in [0.2, 0.25) is 0 Å². The zero-order valence-electron chi connectivity index (χ0n) is 10.2. The molecule has 0 radical (unpaired) electrons. The Kier molecular flexibility index (Phi) is 8.84. The van der Waals surface area contributed by atoms with Gasteiger partial charge in [-0.25, -0.2) is 0 Å². The summed E-state index contributed by atoms with van der Waals surface area (Å²) in [6.07, 6.45) is 0. The van der Waals surface area contributed by atoms with Crippen molar-refractivity contribution in [3.63, 3.8) is 0 Å². The molecule has 0 atom stereocenters. The second-order valence-corrected chi connectivity index (χ2v) is 3.58. The van der Waals surface area contributed by atoms with Crippen molar-refractivity contribution in [1.82, 2.24) is 15.5 Å². The Balaban J connectivity index is 3.70. The third-order valence-corrected chi connectivity index (χ3v) is 2.40. The number of hydrogen-bond acceptors (Lipinski definition) is 3. The van der Waals surface area contributed by atoms with E-state index in [4.69, 9.17) is 17.0 Å². The summed E-state index contributed by atoms with van der Waals surface area (Å²) in [4.78, 5) is 13.3. The van der Waals surface area contributed by atoms with Crippen LogP contribution in [0, 0.1) is 0 Å². The van der Waals surface area contributed by atoms with Crippen LogP contribution in [0.1, 0.15) is 13.8 Å². The SMILES string of the molecule is CCN(CC)C(=O)CNC(=S)NCCOC. The van der Waals surface area contributed by atoms with Crippen molar-refractivity contribution in [2.24, 2.45) is 0 Å². The highest BCUT2D eigenvalue weighted by Crippen LogP contribution is 1.87. The largest absolute Gasteiger partial charge is 0.383 e. The van der Waals surface area contributed by atoms with Crippen molar-refractivity contribution >= 4 is 23.2 Å². The van der Waals surface area contributed by atoms with E-state index in [1.54, 1.807) is 12.0 Å². The van der Waals surface area contributed by atoms with E-state index in [0.717, 1.165) is 13.1 Å². The van der Waals surface area contributed by atoms with Crippen molar-refractivity contribution in [2.45, 2.75) is 13.8 Å². The first-order valence-electron chi connectivity index (χ1n) is 5.44. The molecule has 0 aliphatic heterocycles. The van der Waals surface area contributed by atoms with Crippen LogP contribution < -0.4 is 10.6 Å². The van der Waals surface area contributed by atoms with Gasteiger partial charge in [-0.05, 0) is 26.1 Å². The molecular formula is C10H21N3O2S. The predicted octanol–water partition coefficient (Wildman–Crippen LogP) is -0.0347. The molecule has 0 aliphatic carbocycles. The van der Waals surface area contributed by atoms with Crippen LogP contribution in [0.3, 0.4) is 0 Å². The Morgan fingerprint density at radius 2 is 1.94 bits per heavy atom. The van der Waals surface area contributed by atoms with Gasteiger partial charge in [0.15, 0.2) is 5.11 Å². The maximum Gasteiger partial charge on any atom is 0.241 e. The first-order chi connectivity index (χ1) is 7.65. The second kappa shape index (κ2) is 9.35. The molecule has 2 N–H and O–H groups in total. The quantitative estimate of drug-likeness (QED) is 0.488. The fourth-order valence-electron chi connectivity index (χ4n) is 1.17. The fourth-order valence-corrected chi connectivity index (χ4v) is 1.35. The molecule has 5 nitrogen and oxygen atoms in total. The van der Waals surface area contributed by atoms with E-state index in [-0.39, 0.29) is 12.5 Å². The van der Waals surface area contributed by atoms with Crippen molar-refractivity contribution in [3.05, 3.63) is 0 Å². The van der Waals surface area contributed by atoms with E-state index < -0.39 is 0 Å². The van der Waals surface area contributed by atoms with E-state index in [0.29, 0.717) is 18.3 Å².